The molecule has 1 aromatic rings. The van der Waals surface area contributed by atoms with Crippen molar-refractivity contribution in [2.45, 2.75) is 31.6 Å². The third-order valence-corrected chi connectivity index (χ3v) is 3.39. The van der Waals surface area contributed by atoms with Gasteiger partial charge in [-0.2, -0.15) is 0 Å². The summed E-state index contributed by atoms with van der Waals surface area (Å²) in [4.78, 5) is 22.4. The van der Waals surface area contributed by atoms with Gasteiger partial charge < -0.3 is 0 Å². The van der Waals surface area contributed by atoms with Gasteiger partial charge in [0.1, 0.15) is 0 Å². The van der Waals surface area contributed by atoms with Gasteiger partial charge in [0.2, 0.25) is 0 Å². The maximum absolute atomic E-state index is 11.2. The Labute approximate surface area is 105 Å². The average molecular weight is 253 g/mol. The SMILES string of the molecule is CCCCSc1ccc(C(C)=O)c([N+](=O)[O-])c1. The minimum atomic E-state index is -0.499. The van der Waals surface area contributed by atoms with Gasteiger partial charge in [0, 0.05) is 11.0 Å². The van der Waals surface area contributed by atoms with E-state index in [0.717, 1.165) is 23.5 Å². The van der Waals surface area contributed by atoms with E-state index in [0.29, 0.717) is 0 Å². The van der Waals surface area contributed by atoms with Crippen LogP contribution in [0.5, 0.6) is 0 Å². The normalized spacial score (nSPS) is 10.2. The number of hydrogen-bond donors (Lipinski definition) is 0. The van der Waals surface area contributed by atoms with Gasteiger partial charge in [0.15, 0.2) is 5.78 Å². The zero-order valence-electron chi connectivity index (χ0n) is 9.93. The predicted molar refractivity (Wildman–Crippen MR) is 68.7 cm³/mol. The van der Waals surface area contributed by atoms with Crippen LogP contribution in [-0.2, 0) is 0 Å². The van der Waals surface area contributed by atoms with Gasteiger partial charge in [0.05, 0.1) is 10.5 Å². The minimum absolute atomic E-state index is 0.0981. The Hall–Kier alpha value is -1.36. The quantitative estimate of drug-likeness (QED) is 0.255. The number of nitrogens with zero attached hydrogens (tertiary/aromatic N) is 1. The lowest BCUT2D eigenvalue weighted by Gasteiger charge is -2.03. The summed E-state index contributed by atoms with van der Waals surface area (Å²) < 4.78 is 0. The predicted octanol–water partition coefficient (Wildman–Crippen LogP) is 3.69. The summed E-state index contributed by atoms with van der Waals surface area (Å²) in [5.41, 5.74) is 0.0776. The topological polar surface area (TPSA) is 60.2 Å². The van der Waals surface area contributed by atoms with Crippen molar-refractivity contribution in [1.29, 1.82) is 0 Å². The lowest BCUT2D eigenvalue weighted by molar-refractivity contribution is -0.385. The van der Waals surface area contributed by atoms with E-state index in [9.17, 15) is 14.9 Å². The molecule has 17 heavy (non-hydrogen) atoms. The number of thioether (sulfide) groups is 1. The van der Waals surface area contributed by atoms with E-state index in [2.05, 4.69) is 6.92 Å². The zero-order valence-corrected chi connectivity index (χ0v) is 10.8. The van der Waals surface area contributed by atoms with Crippen LogP contribution in [0.2, 0.25) is 0 Å². The zero-order chi connectivity index (χ0) is 12.8. The highest BCUT2D eigenvalue weighted by Gasteiger charge is 2.17. The summed E-state index contributed by atoms with van der Waals surface area (Å²) >= 11 is 1.58. The molecule has 0 aliphatic carbocycles. The van der Waals surface area contributed by atoms with Crippen molar-refractivity contribution in [3.63, 3.8) is 0 Å². The summed E-state index contributed by atoms with van der Waals surface area (Å²) in [6.07, 6.45) is 2.17. The van der Waals surface area contributed by atoms with Gasteiger partial charge in [-0.1, -0.05) is 13.3 Å². The molecule has 0 atom stereocenters. The highest BCUT2D eigenvalue weighted by Crippen LogP contribution is 2.27. The summed E-state index contributed by atoms with van der Waals surface area (Å²) in [6, 6.07) is 4.79. The fourth-order valence-corrected chi connectivity index (χ4v) is 2.41. The van der Waals surface area contributed by atoms with E-state index < -0.39 is 4.92 Å². The number of hydrogen-bond acceptors (Lipinski definition) is 4. The number of ketones is 1. The molecule has 0 bridgehead atoms. The molecule has 0 amide bonds. The maximum atomic E-state index is 11.2. The van der Waals surface area contributed by atoms with Crippen molar-refractivity contribution in [3.05, 3.63) is 33.9 Å². The molecule has 0 aromatic heterocycles. The second kappa shape index (κ2) is 6.39. The molecule has 1 aromatic carbocycles. The molecule has 0 fully saturated rings. The average Bonchev–Trinajstić information content (AvgIpc) is 2.29. The summed E-state index contributed by atoms with van der Waals surface area (Å²) in [7, 11) is 0. The Morgan fingerprint density at radius 3 is 2.71 bits per heavy atom. The third kappa shape index (κ3) is 3.85. The van der Waals surface area contributed by atoms with E-state index in [-0.39, 0.29) is 17.0 Å². The lowest BCUT2D eigenvalue weighted by Crippen LogP contribution is -2.00. The second-order valence-electron chi connectivity index (χ2n) is 3.69. The molecule has 0 aliphatic heterocycles. The molecule has 0 radical (unpaired) electrons. The highest BCUT2D eigenvalue weighted by atomic mass is 32.2. The van der Waals surface area contributed by atoms with Crippen LogP contribution < -0.4 is 0 Å². The first-order valence-electron chi connectivity index (χ1n) is 5.48. The molecular formula is C12H15NO3S. The van der Waals surface area contributed by atoms with E-state index in [1.54, 1.807) is 17.8 Å². The van der Waals surface area contributed by atoms with Gasteiger partial charge in [-0.3, -0.25) is 14.9 Å². The first-order chi connectivity index (χ1) is 8.06. The molecule has 5 heteroatoms. The van der Waals surface area contributed by atoms with Gasteiger partial charge >= 0.3 is 0 Å². The molecule has 0 aliphatic rings. The third-order valence-electron chi connectivity index (χ3n) is 2.31. The standard InChI is InChI=1S/C12H15NO3S/c1-3-4-7-17-10-5-6-11(9(2)14)12(8-10)13(15)16/h5-6,8H,3-4,7H2,1-2H3. The molecule has 0 N–H and O–H groups in total. The van der Waals surface area contributed by atoms with Crippen molar-refractivity contribution in [1.82, 2.24) is 0 Å². The monoisotopic (exact) mass is 253 g/mol. The van der Waals surface area contributed by atoms with Crippen molar-refractivity contribution in [3.8, 4) is 0 Å². The Morgan fingerprint density at radius 2 is 2.18 bits per heavy atom. The fraction of sp³-hybridized carbons (Fsp3) is 0.417. The number of nitro benzene ring substituents is 1. The molecular weight excluding hydrogens is 238 g/mol. The number of benzene rings is 1. The van der Waals surface area contributed by atoms with E-state index in [1.807, 2.05) is 0 Å². The van der Waals surface area contributed by atoms with Crippen LogP contribution >= 0.6 is 11.8 Å². The Bertz CT molecular complexity index is 432. The number of nitro groups is 1. The molecule has 0 heterocycles. The number of Topliss-reactive ketones (excluding diaryl/α,β-unsaturated/α-hetero) is 1. The van der Waals surface area contributed by atoms with Gasteiger partial charge in [-0.05, 0) is 31.2 Å². The van der Waals surface area contributed by atoms with Gasteiger partial charge in [0.25, 0.3) is 5.69 Å². The van der Waals surface area contributed by atoms with Crippen LogP contribution in [0.1, 0.15) is 37.0 Å². The smallest absolute Gasteiger partial charge is 0.281 e. The first kappa shape index (κ1) is 13.7. The number of carbonyl (C=O) groups is 1. The maximum Gasteiger partial charge on any atom is 0.281 e. The Kier molecular flexibility index (Phi) is 5.15. The van der Waals surface area contributed by atoms with Crippen molar-refractivity contribution >= 4 is 23.2 Å². The number of carbonyl (C=O) groups excluding carboxylic acids is 1. The van der Waals surface area contributed by atoms with Crippen LogP contribution in [0.15, 0.2) is 23.1 Å². The minimum Gasteiger partial charge on any atom is -0.294 e. The molecule has 0 spiro atoms. The fourth-order valence-electron chi connectivity index (χ4n) is 1.38. The Balaban J connectivity index is 2.94. The molecule has 92 valence electrons. The van der Waals surface area contributed by atoms with Gasteiger partial charge in [-0.25, -0.2) is 0 Å². The van der Waals surface area contributed by atoms with Crippen molar-refractivity contribution in [2.24, 2.45) is 0 Å². The van der Waals surface area contributed by atoms with Crippen LogP contribution in [0.25, 0.3) is 0 Å². The van der Waals surface area contributed by atoms with Crippen LogP contribution in [0, 0.1) is 10.1 Å². The molecule has 1 rings (SSSR count). The number of unbranched alkanes of at least 4 members (excludes halogenated alkanes) is 1. The summed E-state index contributed by atoms with van der Waals surface area (Å²) in [5, 5.41) is 10.9. The Morgan fingerprint density at radius 1 is 1.47 bits per heavy atom. The van der Waals surface area contributed by atoms with Crippen LogP contribution in [0.4, 0.5) is 5.69 Å². The van der Waals surface area contributed by atoms with E-state index in [4.69, 9.17) is 0 Å². The second-order valence-corrected chi connectivity index (χ2v) is 4.86. The van der Waals surface area contributed by atoms with Gasteiger partial charge in [-0.15, -0.1) is 11.8 Å². The summed E-state index contributed by atoms with van der Waals surface area (Å²) in [5.74, 6) is 0.661. The lowest BCUT2D eigenvalue weighted by atomic mass is 10.1. The van der Waals surface area contributed by atoms with E-state index >= 15 is 0 Å². The first-order valence-corrected chi connectivity index (χ1v) is 6.47. The van der Waals surface area contributed by atoms with E-state index in [1.165, 1.54) is 19.1 Å². The molecule has 0 saturated heterocycles. The van der Waals surface area contributed by atoms with Crippen LogP contribution in [0.3, 0.4) is 0 Å². The summed E-state index contributed by atoms with van der Waals surface area (Å²) in [6.45, 7) is 3.44. The molecule has 0 unspecified atom stereocenters. The largest absolute Gasteiger partial charge is 0.294 e. The van der Waals surface area contributed by atoms with Crippen LogP contribution in [-0.4, -0.2) is 16.5 Å². The molecule has 0 saturated carbocycles. The highest BCUT2D eigenvalue weighted by molar-refractivity contribution is 7.99. The van der Waals surface area contributed by atoms with Crippen molar-refractivity contribution < 1.29 is 9.72 Å². The number of rotatable bonds is 6. The molecule has 4 nitrogen and oxygen atoms in total. The van der Waals surface area contributed by atoms with Crippen molar-refractivity contribution in [2.75, 3.05) is 5.75 Å².